The highest BCUT2D eigenvalue weighted by Gasteiger charge is 2.37. The normalized spacial score (nSPS) is 14.9. The second-order valence-electron chi connectivity index (χ2n) is 8.66. The minimum absolute atomic E-state index is 0.0489. The molecule has 8 heteroatoms. The van der Waals surface area contributed by atoms with Crippen molar-refractivity contribution in [3.8, 4) is 5.88 Å². The van der Waals surface area contributed by atoms with Crippen molar-refractivity contribution in [3.63, 3.8) is 0 Å². The van der Waals surface area contributed by atoms with E-state index in [1.54, 1.807) is 33.0 Å². The zero-order chi connectivity index (χ0) is 27.2. The van der Waals surface area contributed by atoms with E-state index in [4.69, 9.17) is 4.74 Å². The summed E-state index contributed by atoms with van der Waals surface area (Å²) in [4.78, 5) is 11.1. The van der Waals surface area contributed by atoms with Crippen LogP contribution in [-0.2, 0) is 0 Å². The lowest BCUT2D eigenvalue weighted by atomic mass is 10.1. The Hall–Kier alpha value is -3.55. The fourth-order valence-electron chi connectivity index (χ4n) is 3.33. The lowest BCUT2D eigenvalue weighted by molar-refractivity contribution is 0.0384. The number of ether oxygens (including phenoxy) is 1. The Morgan fingerprint density at radius 1 is 1.22 bits per heavy atom. The van der Waals surface area contributed by atoms with Gasteiger partial charge >= 0.3 is 0 Å². The van der Waals surface area contributed by atoms with Crippen LogP contribution in [0.2, 0.25) is 0 Å². The van der Waals surface area contributed by atoms with Gasteiger partial charge < -0.3 is 9.64 Å². The first-order valence-corrected chi connectivity index (χ1v) is 11.7. The van der Waals surface area contributed by atoms with Crippen molar-refractivity contribution >= 4 is 5.82 Å². The second-order valence-corrected chi connectivity index (χ2v) is 8.66. The molecule has 0 amide bonds. The SMILES string of the molecule is C=C(CC)COc1ncccc1C.C=C1N(C)C(C(C)(F)F)=C/C(=C/C)N1c1nc(C)c(C)cc1F. The topological polar surface area (TPSA) is 41.5 Å². The molecule has 0 N–H and O–H groups in total. The number of pyridine rings is 2. The number of nitrogens with zero attached hydrogens (tertiary/aromatic N) is 4. The van der Waals surface area contributed by atoms with Crippen molar-refractivity contribution < 1.29 is 17.9 Å². The molecular formula is C28H35F3N4O. The van der Waals surface area contributed by atoms with E-state index in [0.717, 1.165) is 30.0 Å². The summed E-state index contributed by atoms with van der Waals surface area (Å²) < 4.78 is 47.4. The zero-order valence-electron chi connectivity index (χ0n) is 22.1. The smallest absolute Gasteiger partial charge is 0.285 e. The Morgan fingerprint density at radius 3 is 2.44 bits per heavy atom. The average molecular weight is 501 g/mol. The van der Waals surface area contributed by atoms with E-state index in [-0.39, 0.29) is 17.3 Å². The molecule has 0 saturated carbocycles. The van der Waals surface area contributed by atoms with Crippen LogP contribution in [0.3, 0.4) is 0 Å². The third-order valence-corrected chi connectivity index (χ3v) is 5.78. The first kappa shape index (κ1) is 28.7. The van der Waals surface area contributed by atoms with Gasteiger partial charge in [0.1, 0.15) is 12.4 Å². The molecule has 0 fully saturated rings. The molecule has 0 aliphatic carbocycles. The van der Waals surface area contributed by atoms with Gasteiger partial charge in [0, 0.05) is 37.1 Å². The van der Waals surface area contributed by atoms with Crippen molar-refractivity contribution in [3.05, 3.63) is 95.1 Å². The van der Waals surface area contributed by atoms with Crippen LogP contribution in [0.25, 0.3) is 0 Å². The first-order chi connectivity index (χ1) is 16.8. The maximum Gasteiger partial charge on any atom is 0.285 e. The van der Waals surface area contributed by atoms with Crippen molar-refractivity contribution in [1.82, 2.24) is 14.9 Å². The van der Waals surface area contributed by atoms with Gasteiger partial charge in [-0.25, -0.2) is 23.1 Å². The fourth-order valence-corrected chi connectivity index (χ4v) is 3.33. The summed E-state index contributed by atoms with van der Waals surface area (Å²) in [5.74, 6) is -2.59. The van der Waals surface area contributed by atoms with Gasteiger partial charge in [0.25, 0.3) is 5.92 Å². The molecule has 194 valence electrons. The Bertz CT molecular complexity index is 1180. The van der Waals surface area contributed by atoms with Crippen LogP contribution in [0.5, 0.6) is 5.88 Å². The lowest BCUT2D eigenvalue weighted by Crippen LogP contribution is -2.41. The molecule has 0 aromatic carbocycles. The zero-order valence-corrected chi connectivity index (χ0v) is 22.1. The molecule has 3 rings (SSSR count). The molecule has 0 radical (unpaired) electrons. The Morgan fingerprint density at radius 2 is 1.89 bits per heavy atom. The van der Waals surface area contributed by atoms with Gasteiger partial charge in [-0.2, -0.15) is 0 Å². The van der Waals surface area contributed by atoms with Gasteiger partial charge in [-0.3, -0.25) is 4.90 Å². The molecule has 1 aliphatic heterocycles. The molecule has 2 aromatic heterocycles. The highest BCUT2D eigenvalue weighted by molar-refractivity contribution is 5.60. The molecule has 36 heavy (non-hydrogen) atoms. The molecule has 1 aliphatic rings. The molecule has 5 nitrogen and oxygen atoms in total. The van der Waals surface area contributed by atoms with Crippen LogP contribution in [0, 0.1) is 26.6 Å². The monoisotopic (exact) mass is 500 g/mol. The second kappa shape index (κ2) is 11.9. The number of aryl methyl sites for hydroxylation is 3. The van der Waals surface area contributed by atoms with E-state index < -0.39 is 11.7 Å². The van der Waals surface area contributed by atoms with Crippen LogP contribution >= 0.6 is 0 Å². The quantitative estimate of drug-likeness (QED) is 0.391. The minimum atomic E-state index is -3.03. The summed E-state index contributed by atoms with van der Waals surface area (Å²) in [7, 11) is 1.48. The molecule has 0 atom stereocenters. The maximum absolute atomic E-state index is 14.4. The molecule has 3 heterocycles. The van der Waals surface area contributed by atoms with E-state index in [1.165, 1.54) is 29.0 Å². The Balaban J connectivity index is 0.000000297. The van der Waals surface area contributed by atoms with Crippen LogP contribution in [-0.4, -0.2) is 34.4 Å². The summed E-state index contributed by atoms with van der Waals surface area (Å²) in [5.41, 5.74) is 3.75. The average Bonchev–Trinajstić information content (AvgIpc) is 2.82. The number of anilines is 1. The van der Waals surface area contributed by atoms with Gasteiger partial charge in [0.05, 0.1) is 5.70 Å². The number of rotatable bonds is 6. The highest BCUT2D eigenvalue weighted by Crippen LogP contribution is 2.38. The number of hydrogen-bond acceptors (Lipinski definition) is 5. The summed E-state index contributed by atoms with van der Waals surface area (Å²) in [6.07, 6.45) is 5.63. The van der Waals surface area contributed by atoms with Crippen molar-refractivity contribution in [2.75, 3.05) is 18.6 Å². The number of hydrogen-bond donors (Lipinski definition) is 0. The van der Waals surface area contributed by atoms with E-state index in [0.29, 0.717) is 23.9 Å². The van der Waals surface area contributed by atoms with Crippen LogP contribution in [0.4, 0.5) is 19.0 Å². The van der Waals surface area contributed by atoms with Gasteiger partial charge in [-0.15, -0.1) is 0 Å². The van der Waals surface area contributed by atoms with Gasteiger partial charge in [0.2, 0.25) is 5.88 Å². The number of allylic oxidation sites excluding steroid dienone is 3. The first-order valence-electron chi connectivity index (χ1n) is 11.7. The summed E-state index contributed by atoms with van der Waals surface area (Å²) in [5, 5.41) is 0. The van der Waals surface area contributed by atoms with Gasteiger partial charge in [-0.05, 0) is 63.5 Å². The van der Waals surface area contributed by atoms with Crippen molar-refractivity contribution in [2.24, 2.45) is 0 Å². The lowest BCUT2D eigenvalue weighted by Gasteiger charge is -2.40. The Labute approximate surface area is 212 Å². The molecule has 0 bridgehead atoms. The van der Waals surface area contributed by atoms with Gasteiger partial charge in [0.15, 0.2) is 11.6 Å². The molecule has 0 spiro atoms. The van der Waals surface area contributed by atoms with Crippen LogP contribution in [0.15, 0.2) is 72.5 Å². The summed E-state index contributed by atoms with van der Waals surface area (Å²) in [6, 6.07) is 5.26. The van der Waals surface area contributed by atoms with E-state index in [2.05, 4.69) is 30.0 Å². The standard InChI is InChI=1S/C17H20F3N3.C11H15NO/c1-7-13-9-15(17(5,19)20)22(6)12(4)23(13)16-14(18)8-10(2)11(3)21-16;1-4-9(2)8-13-11-10(3)6-5-7-12-11/h7-9H,4H2,1-3,5-6H3;5-7H,2,4,8H2,1,3H3/b13-7-;. The van der Waals surface area contributed by atoms with Crippen LogP contribution < -0.4 is 9.64 Å². The predicted molar refractivity (Wildman–Crippen MR) is 139 cm³/mol. The molecular weight excluding hydrogens is 465 g/mol. The fraction of sp³-hybridized carbons (Fsp3) is 0.357. The third kappa shape index (κ3) is 6.77. The number of halogens is 3. The van der Waals surface area contributed by atoms with Gasteiger partial charge in [-0.1, -0.05) is 32.2 Å². The largest absolute Gasteiger partial charge is 0.473 e. The third-order valence-electron chi connectivity index (χ3n) is 5.78. The minimum Gasteiger partial charge on any atom is -0.473 e. The molecule has 0 saturated heterocycles. The Kier molecular flexibility index (Phi) is 9.50. The maximum atomic E-state index is 14.4. The van der Waals surface area contributed by atoms with Crippen molar-refractivity contribution in [1.29, 1.82) is 0 Å². The molecule has 0 unspecified atom stereocenters. The highest BCUT2D eigenvalue weighted by atomic mass is 19.3. The molecule has 2 aromatic rings. The number of alkyl halides is 2. The van der Waals surface area contributed by atoms with E-state index in [1.807, 2.05) is 19.1 Å². The summed E-state index contributed by atoms with van der Waals surface area (Å²) >= 11 is 0. The predicted octanol–water partition coefficient (Wildman–Crippen LogP) is 7.24. The van der Waals surface area contributed by atoms with Crippen LogP contribution in [0.1, 0.15) is 44.0 Å². The van der Waals surface area contributed by atoms with E-state index in [9.17, 15) is 13.2 Å². The number of aromatic nitrogens is 2. The van der Waals surface area contributed by atoms with E-state index >= 15 is 0 Å². The summed E-state index contributed by atoms with van der Waals surface area (Å²) in [6.45, 7) is 18.4. The van der Waals surface area contributed by atoms with Crippen molar-refractivity contribution in [2.45, 2.75) is 53.9 Å².